The standard InChI is InChI=1S/C14H13N5/c1-10-3-4-11(12-8-14(15)17-9-16-12)13(7-10)19-6-2-5-18-19/h2-9H,1H3,(H2,15,16,17). The van der Waals surface area contributed by atoms with Gasteiger partial charge in [0.25, 0.3) is 0 Å². The van der Waals surface area contributed by atoms with Crippen LogP contribution in [-0.4, -0.2) is 19.7 Å². The first kappa shape index (κ1) is 11.4. The van der Waals surface area contributed by atoms with Gasteiger partial charge in [0.2, 0.25) is 0 Å². The zero-order valence-corrected chi connectivity index (χ0v) is 10.5. The zero-order chi connectivity index (χ0) is 13.2. The summed E-state index contributed by atoms with van der Waals surface area (Å²) in [7, 11) is 0. The molecule has 0 bridgehead atoms. The molecule has 0 radical (unpaired) electrons. The minimum absolute atomic E-state index is 0.456. The highest BCUT2D eigenvalue weighted by molar-refractivity contribution is 5.71. The number of aromatic nitrogens is 4. The van der Waals surface area contributed by atoms with Crippen LogP contribution in [0.4, 0.5) is 5.82 Å². The summed E-state index contributed by atoms with van der Waals surface area (Å²) in [6, 6.07) is 9.79. The predicted molar refractivity (Wildman–Crippen MR) is 73.7 cm³/mol. The van der Waals surface area contributed by atoms with E-state index in [0.717, 1.165) is 22.5 Å². The van der Waals surface area contributed by atoms with Gasteiger partial charge in [0.1, 0.15) is 12.1 Å². The molecule has 0 aliphatic carbocycles. The fourth-order valence-electron chi connectivity index (χ4n) is 1.98. The number of rotatable bonds is 2. The van der Waals surface area contributed by atoms with E-state index in [0.29, 0.717) is 5.82 Å². The van der Waals surface area contributed by atoms with Gasteiger partial charge in [-0.3, -0.25) is 0 Å². The van der Waals surface area contributed by atoms with Crippen molar-refractivity contribution in [2.45, 2.75) is 6.92 Å². The second kappa shape index (κ2) is 4.53. The number of anilines is 1. The molecular formula is C14H13N5. The lowest BCUT2D eigenvalue weighted by atomic mass is 10.1. The molecule has 0 spiro atoms. The number of benzene rings is 1. The largest absolute Gasteiger partial charge is 0.384 e. The van der Waals surface area contributed by atoms with Crippen molar-refractivity contribution in [2.24, 2.45) is 0 Å². The monoisotopic (exact) mass is 251 g/mol. The molecule has 0 aliphatic heterocycles. The molecule has 0 fully saturated rings. The van der Waals surface area contributed by atoms with E-state index in [2.05, 4.69) is 21.1 Å². The van der Waals surface area contributed by atoms with Crippen molar-refractivity contribution in [3.05, 3.63) is 54.6 Å². The van der Waals surface area contributed by atoms with Crippen molar-refractivity contribution in [1.29, 1.82) is 0 Å². The quantitative estimate of drug-likeness (QED) is 0.758. The van der Waals surface area contributed by atoms with Crippen molar-refractivity contribution < 1.29 is 0 Å². The van der Waals surface area contributed by atoms with E-state index in [1.807, 2.05) is 36.0 Å². The first-order valence-corrected chi connectivity index (χ1v) is 5.92. The SMILES string of the molecule is Cc1ccc(-c2cc(N)ncn2)c(-n2cccn2)c1. The number of nitrogens with two attached hydrogens (primary N) is 1. The summed E-state index contributed by atoms with van der Waals surface area (Å²) in [6.45, 7) is 2.05. The molecule has 2 aromatic heterocycles. The molecule has 0 amide bonds. The van der Waals surface area contributed by atoms with E-state index in [1.165, 1.54) is 6.33 Å². The molecule has 0 saturated heterocycles. The lowest BCUT2D eigenvalue weighted by molar-refractivity contribution is 0.880. The summed E-state index contributed by atoms with van der Waals surface area (Å²) in [5.74, 6) is 0.456. The van der Waals surface area contributed by atoms with Crippen LogP contribution in [0, 0.1) is 6.92 Å². The van der Waals surface area contributed by atoms with Crippen molar-refractivity contribution in [3.63, 3.8) is 0 Å². The summed E-state index contributed by atoms with van der Waals surface area (Å²) in [5, 5.41) is 4.28. The molecule has 0 aliphatic rings. The molecule has 3 aromatic rings. The Morgan fingerprint density at radius 1 is 1.16 bits per heavy atom. The van der Waals surface area contributed by atoms with Crippen LogP contribution in [0.15, 0.2) is 49.1 Å². The third-order valence-electron chi connectivity index (χ3n) is 2.87. The molecule has 5 heteroatoms. The van der Waals surface area contributed by atoms with Gasteiger partial charge in [0, 0.05) is 24.0 Å². The second-order valence-corrected chi connectivity index (χ2v) is 4.30. The van der Waals surface area contributed by atoms with Crippen LogP contribution in [-0.2, 0) is 0 Å². The molecule has 0 unspecified atom stereocenters. The van der Waals surface area contributed by atoms with Gasteiger partial charge < -0.3 is 5.73 Å². The van der Waals surface area contributed by atoms with Gasteiger partial charge in [-0.15, -0.1) is 0 Å². The van der Waals surface area contributed by atoms with Gasteiger partial charge in [0.15, 0.2) is 0 Å². The fraction of sp³-hybridized carbons (Fsp3) is 0.0714. The number of nitrogens with zero attached hydrogens (tertiary/aromatic N) is 4. The maximum Gasteiger partial charge on any atom is 0.127 e. The average Bonchev–Trinajstić information content (AvgIpc) is 2.92. The maximum atomic E-state index is 5.72. The Morgan fingerprint density at radius 2 is 2.05 bits per heavy atom. The van der Waals surface area contributed by atoms with E-state index in [1.54, 1.807) is 12.3 Å². The Hall–Kier alpha value is -2.69. The maximum absolute atomic E-state index is 5.72. The van der Waals surface area contributed by atoms with Crippen molar-refractivity contribution >= 4 is 5.82 Å². The van der Waals surface area contributed by atoms with Crippen LogP contribution in [0.3, 0.4) is 0 Å². The van der Waals surface area contributed by atoms with E-state index < -0.39 is 0 Å². The number of hydrogen-bond acceptors (Lipinski definition) is 4. The molecule has 0 atom stereocenters. The van der Waals surface area contributed by atoms with Crippen LogP contribution in [0.2, 0.25) is 0 Å². The number of hydrogen-bond donors (Lipinski definition) is 1. The lowest BCUT2D eigenvalue weighted by Crippen LogP contribution is -2.00. The van der Waals surface area contributed by atoms with Crippen molar-refractivity contribution in [2.75, 3.05) is 5.73 Å². The summed E-state index contributed by atoms with van der Waals surface area (Å²) in [6.07, 6.45) is 5.13. The normalized spacial score (nSPS) is 10.6. The second-order valence-electron chi connectivity index (χ2n) is 4.30. The van der Waals surface area contributed by atoms with Crippen LogP contribution in [0.1, 0.15) is 5.56 Å². The lowest BCUT2D eigenvalue weighted by Gasteiger charge is -2.10. The van der Waals surface area contributed by atoms with E-state index in [9.17, 15) is 0 Å². The van der Waals surface area contributed by atoms with Gasteiger partial charge >= 0.3 is 0 Å². The van der Waals surface area contributed by atoms with E-state index >= 15 is 0 Å². The highest BCUT2D eigenvalue weighted by Gasteiger charge is 2.09. The zero-order valence-electron chi connectivity index (χ0n) is 10.5. The summed E-state index contributed by atoms with van der Waals surface area (Å²) < 4.78 is 1.82. The fourth-order valence-corrected chi connectivity index (χ4v) is 1.98. The Labute approximate surface area is 110 Å². The third kappa shape index (κ3) is 2.18. The molecule has 0 saturated carbocycles. The summed E-state index contributed by atoms with van der Waals surface area (Å²) >= 11 is 0. The average molecular weight is 251 g/mol. The topological polar surface area (TPSA) is 69.6 Å². The van der Waals surface area contributed by atoms with Crippen molar-refractivity contribution in [3.8, 4) is 16.9 Å². The number of aryl methyl sites for hydroxylation is 1. The molecule has 19 heavy (non-hydrogen) atoms. The van der Waals surface area contributed by atoms with Gasteiger partial charge in [0.05, 0.1) is 11.4 Å². The van der Waals surface area contributed by atoms with Gasteiger partial charge in [-0.05, 0) is 24.6 Å². The smallest absolute Gasteiger partial charge is 0.127 e. The van der Waals surface area contributed by atoms with Gasteiger partial charge in [-0.1, -0.05) is 12.1 Å². The van der Waals surface area contributed by atoms with Crippen LogP contribution >= 0.6 is 0 Å². The van der Waals surface area contributed by atoms with Crippen molar-refractivity contribution in [1.82, 2.24) is 19.7 Å². The Morgan fingerprint density at radius 3 is 2.79 bits per heavy atom. The minimum atomic E-state index is 0.456. The molecule has 2 heterocycles. The van der Waals surface area contributed by atoms with Crippen LogP contribution in [0.5, 0.6) is 0 Å². The number of nitrogen functional groups attached to an aromatic ring is 1. The van der Waals surface area contributed by atoms with E-state index in [4.69, 9.17) is 5.73 Å². The first-order valence-electron chi connectivity index (χ1n) is 5.92. The third-order valence-corrected chi connectivity index (χ3v) is 2.87. The Kier molecular flexibility index (Phi) is 2.72. The molecule has 1 aromatic carbocycles. The van der Waals surface area contributed by atoms with Gasteiger partial charge in [-0.2, -0.15) is 5.10 Å². The van der Waals surface area contributed by atoms with Crippen LogP contribution in [0.25, 0.3) is 16.9 Å². The Bertz CT molecular complexity index is 704. The molecule has 3 rings (SSSR count). The van der Waals surface area contributed by atoms with E-state index in [-0.39, 0.29) is 0 Å². The predicted octanol–water partition coefficient (Wildman–Crippen LogP) is 2.22. The molecule has 94 valence electrons. The molecule has 5 nitrogen and oxygen atoms in total. The molecular weight excluding hydrogens is 238 g/mol. The summed E-state index contributed by atoms with van der Waals surface area (Å²) in [5.41, 5.74) is 9.62. The minimum Gasteiger partial charge on any atom is -0.384 e. The highest BCUT2D eigenvalue weighted by Crippen LogP contribution is 2.26. The molecule has 2 N–H and O–H groups in total. The Balaban J connectivity index is 2.21. The van der Waals surface area contributed by atoms with Gasteiger partial charge in [-0.25, -0.2) is 14.6 Å². The van der Waals surface area contributed by atoms with Crippen LogP contribution < -0.4 is 5.73 Å². The highest BCUT2D eigenvalue weighted by atomic mass is 15.3. The summed E-state index contributed by atoms with van der Waals surface area (Å²) in [4.78, 5) is 8.20. The first-order chi connectivity index (χ1) is 9.24.